The van der Waals surface area contributed by atoms with Crippen LogP contribution in [-0.2, 0) is 16.0 Å². The summed E-state index contributed by atoms with van der Waals surface area (Å²) in [6, 6.07) is 5.18. The number of carboxylic acid groups (broad SMARTS) is 1. The Bertz CT molecular complexity index is 495. The largest absolute Gasteiger partial charge is 0.508 e. The SMILES string of the molecule is CCC(C)(CN)C(=O)N[C@@H](Cc1ccc(O)cc1)C(=O)O. The number of phenols is 1. The van der Waals surface area contributed by atoms with Crippen LogP contribution in [0.2, 0.25) is 0 Å². The number of carbonyl (C=O) groups is 2. The molecule has 0 aliphatic heterocycles. The minimum atomic E-state index is -1.10. The Morgan fingerprint density at radius 2 is 1.90 bits per heavy atom. The second-order valence-electron chi connectivity index (χ2n) is 5.35. The first kappa shape index (κ1) is 17.0. The Balaban J connectivity index is 2.81. The first-order valence-corrected chi connectivity index (χ1v) is 6.84. The molecule has 5 N–H and O–H groups in total. The molecule has 0 saturated heterocycles. The molecule has 0 spiro atoms. The van der Waals surface area contributed by atoms with Crippen LogP contribution in [-0.4, -0.2) is 34.7 Å². The number of nitrogens with two attached hydrogens (primary N) is 1. The van der Waals surface area contributed by atoms with Crippen molar-refractivity contribution < 1.29 is 19.8 Å². The van der Waals surface area contributed by atoms with Gasteiger partial charge in [0.25, 0.3) is 0 Å². The van der Waals surface area contributed by atoms with Gasteiger partial charge in [0.2, 0.25) is 5.91 Å². The summed E-state index contributed by atoms with van der Waals surface area (Å²) in [4.78, 5) is 23.5. The van der Waals surface area contributed by atoms with Crippen molar-refractivity contribution in [3.8, 4) is 5.75 Å². The molecule has 6 nitrogen and oxygen atoms in total. The number of hydrogen-bond donors (Lipinski definition) is 4. The fourth-order valence-corrected chi connectivity index (χ4v) is 1.80. The van der Waals surface area contributed by atoms with Crippen molar-refractivity contribution in [3.63, 3.8) is 0 Å². The molecule has 21 heavy (non-hydrogen) atoms. The van der Waals surface area contributed by atoms with Gasteiger partial charge in [-0.15, -0.1) is 0 Å². The molecule has 0 fully saturated rings. The van der Waals surface area contributed by atoms with Gasteiger partial charge >= 0.3 is 5.97 Å². The molecule has 1 unspecified atom stereocenters. The molecule has 1 amide bonds. The summed E-state index contributed by atoms with van der Waals surface area (Å²) in [7, 11) is 0. The van der Waals surface area contributed by atoms with Crippen LogP contribution in [0.1, 0.15) is 25.8 Å². The molecule has 1 rings (SSSR count). The molecule has 0 aliphatic rings. The van der Waals surface area contributed by atoms with Gasteiger partial charge in [0.1, 0.15) is 11.8 Å². The van der Waals surface area contributed by atoms with E-state index in [2.05, 4.69) is 5.32 Å². The number of benzene rings is 1. The second-order valence-corrected chi connectivity index (χ2v) is 5.35. The number of carbonyl (C=O) groups excluding carboxylic acids is 1. The van der Waals surface area contributed by atoms with Crippen LogP contribution in [0.15, 0.2) is 24.3 Å². The fourth-order valence-electron chi connectivity index (χ4n) is 1.80. The topological polar surface area (TPSA) is 113 Å². The van der Waals surface area contributed by atoms with Gasteiger partial charge in [0.15, 0.2) is 0 Å². The van der Waals surface area contributed by atoms with Crippen molar-refractivity contribution in [2.75, 3.05) is 6.54 Å². The Morgan fingerprint density at radius 3 is 2.33 bits per heavy atom. The lowest BCUT2D eigenvalue weighted by Gasteiger charge is -2.27. The third-order valence-electron chi connectivity index (χ3n) is 3.76. The molecular formula is C15H22N2O4. The highest BCUT2D eigenvalue weighted by atomic mass is 16.4. The summed E-state index contributed by atoms with van der Waals surface area (Å²) in [5, 5.41) is 21.0. The lowest BCUT2D eigenvalue weighted by atomic mass is 9.86. The van der Waals surface area contributed by atoms with Crippen molar-refractivity contribution in [3.05, 3.63) is 29.8 Å². The number of carboxylic acids is 1. The average molecular weight is 294 g/mol. The monoisotopic (exact) mass is 294 g/mol. The molecule has 116 valence electrons. The lowest BCUT2D eigenvalue weighted by Crippen LogP contribution is -2.50. The van der Waals surface area contributed by atoms with E-state index in [-0.39, 0.29) is 24.6 Å². The van der Waals surface area contributed by atoms with Gasteiger partial charge in [-0.25, -0.2) is 4.79 Å². The van der Waals surface area contributed by atoms with Gasteiger partial charge in [0, 0.05) is 13.0 Å². The molecule has 0 saturated carbocycles. The van der Waals surface area contributed by atoms with Crippen molar-refractivity contribution in [2.24, 2.45) is 11.1 Å². The number of nitrogens with one attached hydrogen (secondary N) is 1. The average Bonchev–Trinajstić information content (AvgIpc) is 2.47. The van der Waals surface area contributed by atoms with E-state index in [1.165, 1.54) is 12.1 Å². The Labute approximate surface area is 124 Å². The van der Waals surface area contributed by atoms with E-state index >= 15 is 0 Å². The van der Waals surface area contributed by atoms with Crippen LogP contribution in [0.5, 0.6) is 5.75 Å². The van der Waals surface area contributed by atoms with Crippen LogP contribution in [0, 0.1) is 5.41 Å². The van der Waals surface area contributed by atoms with Gasteiger partial charge in [-0.3, -0.25) is 4.79 Å². The predicted molar refractivity (Wildman–Crippen MR) is 78.8 cm³/mol. The highest BCUT2D eigenvalue weighted by Gasteiger charge is 2.32. The maximum atomic E-state index is 12.2. The zero-order valence-electron chi connectivity index (χ0n) is 12.3. The molecule has 2 atom stereocenters. The van der Waals surface area contributed by atoms with E-state index < -0.39 is 17.4 Å². The normalized spacial score (nSPS) is 15.0. The molecule has 1 aromatic carbocycles. The quantitative estimate of drug-likeness (QED) is 0.596. The molecular weight excluding hydrogens is 272 g/mol. The summed E-state index contributed by atoms with van der Waals surface area (Å²) < 4.78 is 0. The standard InChI is InChI=1S/C15H22N2O4/c1-3-15(2,9-16)14(21)17-12(13(19)20)8-10-4-6-11(18)7-5-10/h4-7,12,18H,3,8-9,16H2,1-2H3,(H,17,21)(H,19,20)/t12-,15?/m0/s1. The Hall–Kier alpha value is -2.08. The molecule has 0 aliphatic carbocycles. The van der Waals surface area contributed by atoms with E-state index in [0.29, 0.717) is 12.0 Å². The van der Waals surface area contributed by atoms with Crippen LogP contribution < -0.4 is 11.1 Å². The lowest BCUT2D eigenvalue weighted by molar-refractivity contribution is -0.143. The van der Waals surface area contributed by atoms with E-state index in [1.807, 2.05) is 6.92 Å². The molecule has 6 heteroatoms. The number of amides is 1. The summed E-state index contributed by atoms with van der Waals surface area (Å²) in [6.07, 6.45) is 0.673. The van der Waals surface area contributed by atoms with E-state index in [1.54, 1.807) is 19.1 Å². The predicted octanol–water partition coefficient (Wildman–Crippen LogP) is 0.879. The number of hydrogen-bond acceptors (Lipinski definition) is 4. The minimum Gasteiger partial charge on any atom is -0.508 e. The Morgan fingerprint density at radius 1 is 1.33 bits per heavy atom. The molecule has 0 aromatic heterocycles. The van der Waals surface area contributed by atoms with Crippen molar-refractivity contribution >= 4 is 11.9 Å². The summed E-state index contributed by atoms with van der Waals surface area (Å²) in [5.41, 5.74) is 5.54. The summed E-state index contributed by atoms with van der Waals surface area (Å²) in [5.74, 6) is -1.36. The van der Waals surface area contributed by atoms with Crippen LogP contribution >= 0.6 is 0 Å². The second kappa shape index (κ2) is 7.08. The van der Waals surface area contributed by atoms with Crippen molar-refractivity contribution in [1.29, 1.82) is 0 Å². The van der Waals surface area contributed by atoms with Gasteiger partial charge in [-0.2, -0.15) is 0 Å². The molecule has 0 radical (unpaired) electrons. The highest BCUT2D eigenvalue weighted by molar-refractivity contribution is 5.87. The highest BCUT2D eigenvalue weighted by Crippen LogP contribution is 2.20. The van der Waals surface area contributed by atoms with Gasteiger partial charge in [0.05, 0.1) is 5.41 Å². The zero-order chi connectivity index (χ0) is 16.0. The maximum Gasteiger partial charge on any atom is 0.326 e. The third-order valence-corrected chi connectivity index (χ3v) is 3.76. The zero-order valence-corrected chi connectivity index (χ0v) is 12.3. The summed E-state index contributed by atoms with van der Waals surface area (Å²) >= 11 is 0. The molecule has 0 bridgehead atoms. The minimum absolute atomic E-state index is 0.108. The first-order chi connectivity index (χ1) is 9.82. The van der Waals surface area contributed by atoms with Gasteiger partial charge < -0.3 is 21.3 Å². The third kappa shape index (κ3) is 4.46. The van der Waals surface area contributed by atoms with Crippen LogP contribution in [0.4, 0.5) is 0 Å². The van der Waals surface area contributed by atoms with E-state index in [0.717, 1.165) is 0 Å². The fraction of sp³-hybridized carbons (Fsp3) is 0.467. The number of aliphatic carboxylic acids is 1. The van der Waals surface area contributed by atoms with Crippen LogP contribution in [0.25, 0.3) is 0 Å². The maximum absolute atomic E-state index is 12.2. The van der Waals surface area contributed by atoms with Crippen LogP contribution in [0.3, 0.4) is 0 Å². The number of rotatable bonds is 7. The van der Waals surface area contributed by atoms with Gasteiger partial charge in [-0.1, -0.05) is 19.1 Å². The van der Waals surface area contributed by atoms with Crippen molar-refractivity contribution in [2.45, 2.75) is 32.7 Å². The van der Waals surface area contributed by atoms with E-state index in [4.69, 9.17) is 5.73 Å². The smallest absolute Gasteiger partial charge is 0.326 e. The van der Waals surface area contributed by atoms with E-state index in [9.17, 15) is 19.8 Å². The van der Waals surface area contributed by atoms with Crippen molar-refractivity contribution in [1.82, 2.24) is 5.32 Å². The summed E-state index contributed by atoms with van der Waals surface area (Å²) in [6.45, 7) is 3.70. The molecule has 1 aromatic rings. The molecule has 0 heterocycles. The first-order valence-electron chi connectivity index (χ1n) is 6.84. The number of aromatic hydroxyl groups is 1. The Kier molecular flexibility index (Phi) is 5.72. The van der Waals surface area contributed by atoms with Gasteiger partial charge in [-0.05, 0) is 31.0 Å². The number of phenolic OH excluding ortho intramolecular Hbond substituents is 1.